The van der Waals surface area contributed by atoms with Crippen LogP contribution in [-0.2, 0) is 20.8 Å². The van der Waals surface area contributed by atoms with Crippen molar-refractivity contribution in [3.8, 4) is 0 Å². The lowest BCUT2D eigenvalue weighted by Gasteiger charge is -2.41. The van der Waals surface area contributed by atoms with Gasteiger partial charge in [0.25, 0.3) is 0 Å². The number of hydrazone groups is 1. The van der Waals surface area contributed by atoms with Gasteiger partial charge in [0, 0.05) is 0 Å². The van der Waals surface area contributed by atoms with E-state index in [0.29, 0.717) is 0 Å². The summed E-state index contributed by atoms with van der Waals surface area (Å²) in [5.74, 6) is -1.88. The normalized spacial score (nSPS) is 27.4. The van der Waals surface area contributed by atoms with Gasteiger partial charge in [-0.05, 0) is 18.1 Å². The van der Waals surface area contributed by atoms with Crippen LogP contribution in [0.3, 0.4) is 0 Å². The number of carboxylic acid groups (broad SMARTS) is 1. The van der Waals surface area contributed by atoms with Crippen LogP contribution in [0.5, 0.6) is 0 Å². The minimum absolute atomic E-state index is 0.113. The van der Waals surface area contributed by atoms with Gasteiger partial charge in [-0.25, -0.2) is 14.6 Å². The van der Waals surface area contributed by atoms with Crippen molar-refractivity contribution in [1.29, 1.82) is 0 Å². The van der Waals surface area contributed by atoms with Crippen LogP contribution in [0.2, 0.25) is 0 Å². The topological polar surface area (TPSA) is 123 Å². The molecule has 3 heterocycles. The van der Waals surface area contributed by atoms with E-state index >= 15 is 0 Å². The van der Waals surface area contributed by atoms with Crippen molar-refractivity contribution in [2.24, 2.45) is 5.10 Å². The van der Waals surface area contributed by atoms with Gasteiger partial charge in [0.15, 0.2) is 0 Å². The summed E-state index contributed by atoms with van der Waals surface area (Å²) in [6.45, 7) is 1.82. The van der Waals surface area contributed by atoms with E-state index in [1.54, 1.807) is 13.1 Å². The molecule has 11 heteroatoms. The molecular formula is C25H25N5O5S. The fourth-order valence-electron chi connectivity index (χ4n) is 4.79. The Kier molecular flexibility index (Phi) is 6.17. The van der Waals surface area contributed by atoms with Crippen molar-refractivity contribution in [1.82, 2.24) is 20.1 Å². The van der Waals surface area contributed by atoms with Crippen LogP contribution < -0.4 is 5.32 Å². The van der Waals surface area contributed by atoms with E-state index in [2.05, 4.69) is 10.4 Å². The molecule has 4 amide bonds. The molecule has 3 aliphatic heterocycles. The number of nitrogens with one attached hydrogen (secondary N) is 1. The monoisotopic (exact) mass is 507 g/mol. The number of thioether (sulfide) groups is 1. The van der Waals surface area contributed by atoms with Crippen LogP contribution in [0.4, 0.5) is 4.79 Å². The van der Waals surface area contributed by atoms with Gasteiger partial charge < -0.3 is 15.3 Å². The quantitative estimate of drug-likeness (QED) is 0.433. The van der Waals surface area contributed by atoms with E-state index < -0.39 is 34.3 Å². The number of carboxylic acids is 1. The van der Waals surface area contributed by atoms with E-state index in [0.717, 1.165) is 22.9 Å². The number of urea groups is 1. The number of hydrogen-bond donors (Lipinski definition) is 2. The first-order valence-corrected chi connectivity index (χ1v) is 12.4. The molecule has 2 aromatic rings. The number of hydrogen-bond acceptors (Lipinski definition) is 6. The number of rotatable bonds is 7. The van der Waals surface area contributed by atoms with E-state index in [-0.39, 0.29) is 31.3 Å². The smallest absolute Gasteiger partial charge is 0.342 e. The van der Waals surface area contributed by atoms with Gasteiger partial charge in [-0.2, -0.15) is 5.10 Å². The highest BCUT2D eigenvalue weighted by Crippen LogP contribution is 2.50. The van der Waals surface area contributed by atoms with Crippen LogP contribution in [0.15, 0.2) is 65.8 Å². The van der Waals surface area contributed by atoms with Crippen molar-refractivity contribution in [3.63, 3.8) is 0 Å². The maximum Gasteiger partial charge on any atom is 0.342 e. The second-order valence-electron chi connectivity index (χ2n) is 9.01. The summed E-state index contributed by atoms with van der Waals surface area (Å²) >= 11 is 1.01. The number of nitrogens with zero attached hydrogens (tertiary/aromatic N) is 4. The Morgan fingerprint density at radius 1 is 1.14 bits per heavy atom. The molecule has 3 aliphatic rings. The first kappa shape index (κ1) is 23.9. The van der Waals surface area contributed by atoms with Crippen molar-refractivity contribution < 1.29 is 24.3 Å². The molecule has 186 valence electrons. The summed E-state index contributed by atoms with van der Waals surface area (Å²) in [7, 11) is 0. The molecule has 0 saturated carbocycles. The van der Waals surface area contributed by atoms with E-state index in [1.807, 2.05) is 60.7 Å². The Hall–Kier alpha value is -3.86. The van der Waals surface area contributed by atoms with Gasteiger partial charge in [-0.3, -0.25) is 14.5 Å². The Labute approximate surface area is 211 Å². The largest absolute Gasteiger partial charge is 0.479 e. The van der Waals surface area contributed by atoms with Gasteiger partial charge >= 0.3 is 12.0 Å². The van der Waals surface area contributed by atoms with Crippen LogP contribution in [-0.4, -0.2) is 85.4 Å². The second-order valence-corrected chi connectivity index (χ2v) is 10.4. The van der Waals surface area contributed by atoms with E-state index in [9.17, 15) is 24.3 Å². The lowest BCUT2D eigenvalue weighted by molar-refractivity contribution is -0.151. The van der Waals surface area contributed by atoms with Gasteiger partial charge in [-0.1, -0.05) is 72.4 Å². The van der Waals surface area contributed by atoms with Gasteiger partial charge in [0.1, 0.15) is 11.4 Å². The van der Waals surface area contributed by atoms with Crippen LogP contribution in [0.1, 0.15) is 18.1 Å². The third kappa shape index (κ3) is 4.09. The minimum atomic E-state index is -1.67. The average molecular weight is 508 g/mol. The number of aliphatic carboxylic acids is 1. The highest BCUT2D eigenvalue weighted by Gasteiger charge is 2.67. The zero-order valence-electron chi connectivity index (χ0n) is 19.5. The molecule has 0 aromatic heterocycles. The Morgan fingerprint density at radius 3 is 2.47 bits per heavy atom. The number of amides is 4. The molecule has 36 heavy (non-hydrogen) atoms. The van der Waals surface area contributed by atoms with Crippen molar-refractivity contribution in [3.05, 3.63) is 71.8 Å². The first-order valence-electron chi connectivity index (χ1n) is 11.5. The Morgan fingerprint density at radius 2 is 1.81 bits per heavy atom. The maximum absolute atomic E-state index is 13.3. The molecule has 2 N–H and O–H groups in total. The van der Waals surface area contributed by atoms with Crippen molar-refractivity contribution in [2.75, 3.05) is 13.1 Å². The summed E-state index contributed by atoms with van der Waals surface area (Å²) < 4.78 is 0. The van der Waals surface area contributed by atoms with E-state index in [1.165, 1.54) is 14.8 Å². The van der Waals surface area contributed by atoms with Gasteiger partial charge in [0.05, 0.1) is 31.8 Å². The summed E-state index contributed by atoms with van der Waals surface area (Å²) in [5, 5.41) is 18.0. The summed E-state index contributed by atoms with van der Waals surface area (Å²) in [6, 6.07) is 16.6. The summed E-state index contributed by atoms with van der Waals surface area (Å²) in [4.78, 5) is 52.3. The minimum Gasteiger partial charge on any atom is -0.479 e. The third-order valence-electron chi connectivity index (χ3n) is 6.54. The van der Waals surface area contributed by atoms with Crippen molar-refractivity contribution >= 4 is 41.8 Å². The summed E-state index contributed by atoms with van der Waals surface area (Å²) in [6.07, 6.45) is 1.67. The molecule has 3 fully saturated rings. The zero-order chi connectivity index (χ0) is 25.4. The molecular weight excluding hydrogens is 482 g/mol. The van der Waals surface area contributed by atoms with E-state index in [4.69, 9.17) is 0 Å². The standard InChI is InChI=1S/C25H25N5O5S/c1-16-14-29(26-13-18-10-6-3-7-11-18)24(35)30(16)25(23(33)34)15-28-21(32)20(22(28)36-25)27-19(31)12-17-8-4-2-5-9-17/h2-11,13,16,20,22H,12,14-15H2,1H3,(H,27,31)(H,33,34)/b26-13+/t16-,20-,22-,25-/m1/s1. The number of carbonyl (C=O) groups excluding carboxylic acids is 3. The van der Waals surface area contributed by atoms with Crippen LogP contribution in [0.25, 0.3) is 0 Å². The molecule has 0 radical (unpaired) electrons. The van der Waals surface area contributed by atoms with Crippen molar-refractivity contribution in [2.45, 2.75) is 35.7 Å². The highest BCUT2D eigenvalue weighted by molar-refractivity contribution is 8.02. The Balaban J connectivity index is 1.31. The van der Waals surface area contributed by atoms with Crippen LogP contribution >= 0.6 is 11.8 Å². The predicted molar refractivity (Wildman–Crippen MR) is 133 cm³/mol. The molecule has 3 saturated heterocycles. The lowest BCUT2D eigenvalue weighted by atomic mass is 10.0. The molecule has 4 atom stereocenters. The molecule has 0 bridgehead atoms. The first-order chi connectivity index (χ1) is 17.3. The number of benzene rings is 2. The molecule has 0 aliphatic carbocycles. The highest BCUT2D eigenvalue weighted by atomic mass is 32.2. The molecule has 5 rings (SSSR count). The zero-order valence-corrected chi connectivity index (χ0v) is 20.3. The van der Waals surface area contributed by atoms with Gasteiger partial charge in [0.2, 0.25) is 16.7 Å². The third-order valence-corrected chi connectivity index (χ3v) is 8.20. The molecule has 0 spiro atoms. The average Bonchev–Trinajstić information content (AvgIpc) is 3.37. The molecule has 0 unspecified atom stereocenters. The lowest BCUT2D eigenvalue weighted by Crippen LogP contribution is -2.67. The second kappa shape index (κ2) is 9.30. The number of β-lactam (4-membered cyclic amide) rings is 1. The summed E-state index contributed by atoms with van der Waals surface area (Å²) in [5.41, 5.74) is 1.62. The fourth-order valence-corrected chi connectivity index (χ4v) is 6.50. The molecule has 10 nitrogen and oxygen atoms in total. The Bertz CT molecular complexity index is 1230. The number of carbonyl (C=O) groups is 4. The maximum atomic E-state index is 13.3. The van der Waals surface area contributed by atoms with Crippen LogP contribution in [0, 0.1) is 0 Å². The number of fused-ring (bicyclic) bond motifs is 1. The SMILES string of the molecule is C[C@@H]1CN(/N=C/c2ccccc2)C(=O)N1[C@]1(C(=O)O)CN2C(=O)[C@@H](NC(=O)Cc3ccccc3)[C@H]2S1. The fraction of sp³-hybridized carbons (Fsp3) is 0.320. The van der Waals surface area contributed by atoms with Gasteiger partial charge in [-0.15, -0.1) is 0 Å². The molecule has 2 aromatic carbocycles. The predicted octanol–water partition coefficient (Wildman–Crippen LogP) is 1.57.